The van der Waals surface area contributed by atoms with E-state index >= 15 is 0 Å². The van der Waals surface area contributed by atoms with Gasteiger partial charge in [0.15, 0.2) is 0 Å². The average molecular weight is 232 g/mol. The zero-order chi connectivity index (χ0) is 12.9. The fraction of sp³-hybridized carbons (Fsp3) is 0.700. The molecule has 0 saturated carbocycles. The van der Waals surface area contributed by atoms with Crippen molar-refractivity contribution in [2.75, 3.05) is 21.3 Å². The van der Waals surface area contributed by atoms with Crippen LogP contribution in [0.3, 0.4) is 0 Å². The summed E-state index contributed by atoms with van der Waals surface area (Å²) in [4.78, 5) is 35.0. The minimum Gasteiger partial charge on any atom is -0.468 e. The lowest BCUT2D eigenvalue weighted by atomic mass is 9.77. The Hall–Kier alpha value is -1.59. The van der Waals surface area contributed by atoms with E-state index in [4.69, 9.17) is 0 Å². The third kappa shape index (κ3) is 2.00. The molecule has 0 rings (SSSR count). The molecule has 0 unspecified atom stereocenters. The van der Waals surface area contributed by atoms with Gasteiger partial charge in [-0.15, -0.1) is 0 Å². The number of hydrogen-bond acceptors (Lipinski definition) is 6. The molecule has 6 nitrogen and oxygen atoms in total. The Balaban J connectivity index is 5.68. The quantitative estimate of drug-likeness (QED) is 0.390. The molecule has 6 heteroatoms. The summed E-state index contributed by atoms with van der Waals surface area (Å²) in [6, 6.07) is 0. The third-order valence-corrected chi connectivity index (χ3v) is 2.39. The smallest absolute Gasteiger partial charge is 0.335 e. The molecule has 0 heterocycles. The number of esters is 3. The molecule has 0 aliphatic heterocycles. The van der Waals surface area contributed by atoms with Gasteiger partial charge in [-0.05, 0) is 5.92 Å². The fourth-order valence-electron chi connectivity index (χ4n) is 1.44. The third-order valence-electron chi connectivity index (χ3n) is 2.39. The molecule has 0 amide bonds. The second-order valence-electron chi connectivity index (χ2n) is 3.44. The van der Waals surface area contributed by atoms with Crippen molar-refractivity contribution in [2.24, 2.45) is 11.3 Å². The Morgan fingerprint density at radius 1 is 0.812 bits per heavy atom. The van der Waals surface area contributed by atoms with Gasteiger partial charge in [0.2, 0.25) is 0 Å². The molecule has 0 atom stereocenters. The number of rotatable bonds is 4. The topological polar surface area (TPSA) is 78.9 Å². The van der Waals surface area contributed by atoms with Crippen molar-refractivity contribution in [3.05, 3.63) is 0 Å². The van der Waals surface area contributed by atoms with Crippen LogP contribution in [0.5, 0.6) is 0 Å². The standard InChI is InChI=1S/C10H16O6/c1-6(2)10(7(11)14-3,8(12)15-4)9(13)16-5/h6H,1-5H3. The maximum atomic E-state index is 11.7. The number of methoxy groups -OCH3 is 3. The molecule has 16 heavy (non-hydrogen) atoms. The van der Waals surface area contributed by atoms with Gasteiger partial charge in [-0.3, -0.25) is 14.4 Å². The van der Waals surface area contributed by atoms with Crippen molar-refractivity contribution < 1.29 is 28.6 Å². The number of carbonyl (C=O) groups is 3. The van der Waals surface area contributed by atoms with Gasteiger partial charge >= 0.3 is 17.9 Å². The predicted molar refractivity (Wildman–Crippen MR) is 53.3 cm³/mol. The first kappa shape index (κ1) is 14.4. The van der Waals surface area contributed by atoms with Crippen molar-refractivity contribution in [3.8, 4) is 0 Å². The molecule has 0 fully saturated rings. The van der Waals surface area contributed by atoms with Crippen LogP contribution in [-0.4, -0.2) is 39.2 Å². The maximum absolute atomic E-state index is 11.7. The van der Waals surface area contributed by atoms with Crippen molar-refractivity contribution in [2.45, 2.75) is 13.8 Å². The predicted octanol–water partition coefficient (Wildman–Crippen LogP) is 0.148. The van der Waals surface area contributed by atoms with Crippen LogP contribution < -0.4 is 0 Å². The van der Waals surface area contributed by atoms with E-state index in [1.807, 2.05) is 0 Å². The minimum atomic E-state index is -2.06. The molecule has 0 bridgehead atoms. The highest BCUT2D eigenvalue weighted by Crippen LogP contribution is 2.32. The number of carbonyl (C=O) groups excluding carboxylic acids is 3. The molecule has 0 aromatic carbocycles. The highest BCUT2D eigenvalue weighted by Gasteiger charge is 2.59. The first-order chi connectivity index (χ1) is 7.39. The number of ether oxygens (including phenoxy) is 3. The zero-order valence-corrected chi connectivity index (χ0v) is 10.0. The Labute approximate surface area is 93.8 Å². The second-order valence-corrected chi connectivity index (χ2v) is 3.44. The van der Waals surface area contributed by atoms with Gasteiger partial charge in [0, 0.05) is 0 Å². The van der Waals surface area contributed by atoms with Crippen molar-refractivity contribution in [3.63, 3.8) is 0 Å². The summed E-state index contributed by atoms with van der Waals surface area (Å²) in [5.74, 6) is -3.59. The van der Waals surface area contributed by atoms with E-state index in [1.165, 1.54) is 13.8 Å². The van der Waals surface area contributed by atoms with Crippen LogP contribution in [0.4, 0.5) is 0 Å². The second kappa shape index (κ2) is 5.48. The lowest BCUT2D eigenvalue weighted by Crippen LogP contribution is -2.52. The Morgan fingerprint density at radius 2 is 1.06 bits per heavy atom. The van der Waals surface area contributed by atoms with E-state index in [0.717, 1.165) is 21.3 Å². The molecule has 0 saturated heterocycles. The molecule has 0 aromatic rings. The van der Waals surface area contributed by atoms with E-state index in [9.17, 15) is 14.4 Å². The summed E-state index contributed by atoms with van der Waals surface area (Å²) in [5.41, 5.74) is -2.06. The summed E-state index contributed by atoms with van der Waals surface area (Å²) in [5, 5.41) is 0. The SMILES string of the molecule is COC(=O)C(C(=O)OC)(C(=O)OC)C(C)C. The summed E-state index contributed by atoms with van der Waals surface area (Å²) in [6.45, 7) is 3.06. The van der Waals surface area contributed by atoms with Crippen molar-refractivity contribution in [1.29, 1.82) is 0 Å². The van der Waals surface area contributed by atoms with Gasteiger partial charge in [-0.1, -0.05) is 13.8 Å². The summed E-state index contributed by atoms with van der Waals surface area (Å²) in [7, 11) is 3.27. The van der Waals surface area contributed by atoms with Gasteiger partial charge < -0.3 is 14.2 Å². The minimum absolute atomic E-state index is 0.639. The van der Waals surface area contributed by atoms with Crippen LogP contribution in [-0.2, 0) is 28.6 Å². The average Bonchev–Trinajstić information content (AvgIpc) is 2.28. The Kier molecular flexibility index (Phi) is 4.94. The molecule has 0 spiro atoms. The Morgan fingerprint density at radius 3 is 1.19 bits per heavy atom. The van der Waals surface area contributed by atoms with Crippen LogP contribution in [0, 0.1) is 11.3 Å². The summed E-state index contributed by atoms with van der Waals surface area (Å²) < 4.78 is 13.4. The van der Waals surface area contributed by atoms with Crippen molar-refractivity contribution in [1.82, 2.24) is 0 Å². The number of hydrogen-bond donors (Lipinski definition) is 0. The van der Waals surface area contributed by atoms with Gasteiger partial charge in [-0.25, -0.2) is 0 Å². The molecule has 0 N–H and O–H groups in total. The normalized spacial score (nSPS) is 10.9. The van der Waals surface area contributed by atoms with Gasteiger partial charge in [-0.2, -0.15) is 0 Å². The lowest BCUT2D eigenvalue weighted by molar-refractivity contribution is -0.184. The maximum Gasteiger partial charge on any atom is 0.335 e. The fourth-order valence-corrected chi connectivity index (χ4v) is 1.44. The molecule has 0 aliphatic carbocycles. The van der Waals surface area contributed by atoms with Crippen LogP contribution in [0.2, 0.25) is 0 Å². The van der Waals surface area contributed by atoms with E-state index in [0.29, 0.717) is 0 Å². The highest BCUT2D eigenvalue weighted by molar-refractivity contribution is 6.18. The molecular formula is C10H16O6. The van der Waals surface area contributed by atoms with Crippen LogP contribution >= 0.6 is 0 Å². The largest absolute Gasteiger partial charge is 0.468 e. The van der Waals surface area contributed by atoms with E-state index in [1.54, 1.807) is 0 Å². The van der Waals surface area contributed by atoms with E-state index in [2.05, 4.69) is 14.2 Å². The molecule has 92 valence electrons. The first-order valence-corrected chi connectivity index (χ1v) is 4.64. The van der Waals surface area contributed by atoms with Crippen molar-refractivity contribution >= 4 is 17.9 Å². The zero-order valence-electron chi connectivity index (χ0n) is 10.0. The van der Waals surface area contributed by atoms with E-state index in [-0.39, 0.29) is 0 Å². The summed E-state index contributed by atoms with van der Waals surface area (Å²) in [6.07, 6.45) is 0. The van der Waals surface area contributed by atoms with Crippen LogP contribution in [0.25, 0.3) is 0 Å². The molecule has 0 aliphatic rings. The van der Waals surface area contributed by atoms with E-state index < -0.39 is 29.2 Å². The molecule has 0 aromatic heterocycles. The first-order valence-electron chi connectivity index (χ1n) is 4.64. The molecule has 0 radical (unpaired) electrons. The van der Waals surface area contributed by atoms with Gasteiger partial charge in [0.1, 0.15) is 0 Å². The molecular weight excluding hydrogens is 216 g/mol. The monoisotopic (exact) mass is 232 g/mol. The van der Waals surface area contributed by atoms with Crippen LogP contribution in [0.15, 0.2) is 0 Å². The van der Waals surface area contributed by atoms with Crippen LogP contribution in [0.1, 0.15) is 13.8 Å². The Bertz CT molecular complexity index is 253. The highest BCUT2D eigenvalue weighted by atomic mass is 16.6. The summed E-state index contributed by atoms with van der Waals surface area (Å²) >= 11 is 0. The van der Waals surface area contributed by atoms with Gasteiger partial charge in [0.05, 0.1) is 21.3 Å². The lowest BCUT2D eigenvalue weighted by Gasteiger charge is -2.28. The van der Waals surface area contributed by atoms with Gasteiger partial charge in [0.25, 0.3) is 5.41 Å².